The van der Waals surface area contributed by atoms with Crippen LogP contribution < -0.4 is 5.32 Å². The molecule has 0 saturated carbocycles. The van der Waals surface area contributed by atoms with Crippen LogP contribution in [0.3, 0.4) is 0 Å². The van der Waals surface area contributed by atoms with E-state index in [0.717, 1.165) is 38.3 Å². The van der Waals surface area contributed by atoms with Gasteiger partial charge in [0.25, 0.3) is 0 Å². The van der Waals surface area contributed by atoms with Crippen LogP contribution in [-0.4, -0.2) is 55.1 Å². The van der Waals surface area contributed by atoms with Crippen molar-refractivity contribution in [3.8, 4) is 0 Å². The van der Waals surface area contributed by atoms with Crippen molar-refractivity contribution in [2.45, 2.75) is 19.0 Å². The molecule has 2 aliphatic rings. The van der Waals surface area contributed by atoms with E-state index < -0.39 is 0 Å². The van der Waals surface area contributed by atoms with Gasteiger partial charge in [0.15, 0.2) is 0 Å². The molecule has 104 valence electrons. The van der Waals surface area contributed by atoms with E-state index in [4.69, 9.17) is 0 Å². The number of likely N-dealkylation sites (tertiary alicyclic amines) is 1. The van der Waals surface area contributed by atoms with Crippen LogP contribution in [0.15, 0.2) is 24.3 Å². The number of hydrogen-bond donors (Lipinski definition) is 1. The molecule has 0 atom stereocenters. The fourth-order valence-corrected chi connectivity index (χ4v) is 3.03. The highest BCUT2D eigenvalue weighted by Gasteiger charge is 2.31. The first-order valence-corrected chi connectivity index (χ1v) is 7.23. The fraction of sp³-hybridized carbons (Fsp3) is 0.600. The second kappa shape index (κ2) is 5.99. The van der Waals surface area contributed by atoms with Crippen molar-refractivity contribution in [2.75, 3.05) is 39.3 Å². The van der Waals surface area contributed by atoms with Gasteiger partial charge < -0.3 is 5.32 Å². The van der Waals surface area contributed by atoms with Gasteiger partial charge in [0.05, 0.1) is 0 Å². The molecule has 0 radical (unpaired) electrons. The third-order valence-corrected chi connectivity index (χ3v) is 4.12. The lowest BCUT2D eigenvalue weighted by atomic mass is 10.1. The van der Waals surface area contributed by atoms with Crippen LogP contribution in [0.5, 0.6) is 0 Å². The largest absolute Gasteiger partial charge is 0.315 e. The normalized spacial score (nSPS) is 23.0. The number of halogens is 1. The Bertz CT molecular complexity index is 410. The molecule has 2 fully saturated rings. The molecule has 0 aliphatic carbocycles. The Morgan fingerprint density at radius 3 is 2.95 bits per heavy atom. The molecular weight excluding hydrogens is 241 g/mol. The van der Waals surface area contributed by atoms with E-state index in [1.807, 2.05) is 6.07 Å². The van der Waals surface area contributed by atoms with Gasteiger partial charge in [0.2, 0.25) is 0 Å². The van der Waals surface area contributed by atoms with Gasteiger partial charge in [-0.15, -0.1) is 0 Å². The second-order valence-electron chi connectivity index (χ2n) is 5.62. The number of rotatable bonds is 3. The molecule has 0 spiro atoms. The lowest BCUT2D eigenvalue weighted by Crippen LogP contribution is -2.59. The molecule has 1 aromatic rings. The van der Waals surface area contributed by atoms with Gasteiger partial charge in [-0.1, -0.05) is 12.1 Å². The quantitative estimate of drug-likeness (QED) is 0.887. The van der Waals surface area contributed by atoms with Gasteiger partial charge >= 0.3 is 0 Å². The van der Waals surface area contributed by atoms with Crippen molar-refractivity contribution < 1.29 is 4.39 Å². The molecule has 1 aromatic carbocycles. The molecule has 3 rings (SSSR count). The van der Waals surface area contributed by atoms with Gasteiger partial charge in [0, 0.05) is 38.8 Å². The smallest absolute Gasteiger partial charge is 0.123 e. The summed E-state index contributed by atoms with van der Waals surface area (Å²) in [5, 5.41) is 3.44. The van der Waals surface area contributed by atoms with Gasteiger partial charge in [-0.3, -0.25) is 9.80 Å². The minimum Gasteiger partial charge on any atom is -0.315 e. The van der Waals surface area contributed by atoms with E-state index in [1.165, 1.54) is 25.6 Å². The van der Waals surface area contributed by atoms with Crippen molar-refractivity contribution in [1.29, 1.82) is 0 Å². The number of nitrogens with zero attached hydrogens (tertiary/aromatic N) is 2. The third-order valence-electron chi connectivity index (χ3n) is 4.12. The van der Waals surface area contributed by atoms with Gasteiger partial charge in [-0.2, -0.15) is 0 Å². The van der Waals surface area contributed by atoms with Crippen LogP contribution in [0.25, 0.3) is 0 Å². The van der Waals surface area contributed by atoms with Crippen LogP contribution in [0.1, 0.15) is 12.0 Å². The standard InChI is InChI=1S/C15H22FN3/c16-14-4-1-3-13(9-14)10-18-11-15(12-18)19-7-2-5-17-6-8-19/h1,3-4,9,15,17H,2,5-8,10-12H2. The van der Waals surface area contributed by atoms with Crippen molar-refractivity contribution >= 4 is 0 Å². The lowest BCUT2D eigenvalue weighted by Gasteiger charge is -2.45. The van der Waals surface area contributed by atoms with Gasteiger partial charge in [-0.05, 0) is 37.2 Å². The minimum absolute atomic E-state index is 0.131. The molecule has 4 heteroatoms. The van der Waals surface area contributed by atoms with Crippen LogP contribution >= 0.6 is 0 Å². The Morgan fingerprint density at radius 2 is 2.11 bits per heavy atom. The molecule has 0 aromatic heterocycles. The molecule has 0 amide bonds. The SMILES string of the molecule is Fc1cccc(CN2CC(N3CCCNCC3)C2)c1. The van der Waals surface area contributed by atoms with E-state index in [0.29, 0.717) is 6.04 Å². The average Bonchev–Trinajstić information content (AvgIpc) is 2.62. The summed E-state index contributed by atoms with van der Waals surface area (Å²) in [7, 11) is 0. The summed E-state index contributed by atoms with van der Waals surface area (Å²) in [4.78, 5) is 5.00. The van der Waals surface area contributed by atoms with E-state index in [2.05, 4.69) is 15.1 Å². The zero-order valence-corrected chi connectivity index (χ0v) is 11.3. The van der Waals surface area contributed by atoms with Gasteiger partial charge in [-0.25, -0.2) is 4.39 Å². The van der Waals surface area contributed by atoms with E-state index in [1.54, 1.807) is 12.1 Å². The first-order chi connectivity index (χ1) is 9.31. The summed E-state index contributed by atoms with van der Waals surface area (Å²) in [6.07, 6.45) is 1.25. The zero-order valence-electron chi connectivity index (χ0n) is 11.3. The number of nitrogens with one attached hydrogen (secondary N) is 1. The molecule has 19 heavy (non-hydrogen) atoms. The van der Waals surface area contributed by atoms with Crippen molar-refractivity contribution in [3.63, 3.8) is 0 Å². The third kappa shape index (κ3) is 3.32. The summed E-state index contributed by atoms with van der Waals surface area (Å²) in [6, 6.07) is 7.65. The van der Waals surface area contributed by atoms with Crippen molar-refractivity contribution in [1.82, 2.24) is 15.1 Å². The van der Waals surface area contributed by atoms with E-state index in [9.17, 15) is 4.39 Å². The van der Waals surface area contributed by atoms with Crippen LogP contribution in [-0.2, 0) is 6.54 Å². The van der Waals surface area contributed by atoms with Crippen molar-refractivity contribution in [3.05, 3.63) is 35.6 Å². The van der Waals surface area contributed by atoms with Gasteiger partial charge in [0.1, 0.15) is 5.82 Å². The molecule has 3 nitrogen and oxygen atoms in total. The highest BCUT2D eigenvalue weighted by molar-refractivity contribution is 5.16. The van der Waals surface area contributed by atoms with Crippen LogP contribution in [0.4, 0.5) is 4.39 Å². The Kier molecular flexibility index (Phi) is 4.11. The maximum absolute atomic E-state index is 13.1. The van der Waals surface area contributed by atoms with Crippen LogP contribution in [0, 0.1) is 5.82 Å². The first kappa shape index (κ1) is 13.0. The Balaban J connectivity index is 1.47. The summed E-state index contributed by atoms with van der Waals surface area (Å²) >= 11 is 0. The maximum atomic E-state index is 13.1. The second-order valence-corrected chi connectivity index (χ2v) is 5.62. The highest BCUT2D eigenvalue weighted by Crippen LogP contribution is 2.19. The highest BCUT2D eigenvalue weighted by atomic mass is 19.1. The number of benzene rings is 1. The molecule has 1 N–H and O–H groups in total. The minimum atomic E-state index is -0.131. The van der Waals surface area contributed by atoms with E-state index in [-0.39, 0.29) is 5.82 Å². The lowest BCUT2D eigenvalue weighted by molar-refractivity contribution is 0.0321. The predicted octanol–water partition coefficient (Wildman–Crippen LogP) is 1.31. The average molecular weight is 263 g/mol. The molecule has 2 heterocycles. The summed E-state index contributed by atoms with van der Waals surface area (Å²) < 4.78 is 13.1. The predicted molar refractivity (Wildman–Crippen MR) is 74.5 cm³/mol. The summed E-state index contributed by atoms with van der Waals surface area (Å²) in [5.74, 6) is -0.131. The summed E-state index contributed by atoms with van der Waals surface area (Å²) in [6.45, 7) is 7.76. The monoisotopic (exact) mass is 263 g/mol. The topological polar surface area (TPSA) is 18.5 Å². The number of hydrogen-bond acceptors (Lipinski definition) is 3. The molecule has 2 saturated heterocycles. The molecule has 2 aliphatic heterocycles. The Hall–Kier alpha value is -0.970. The first-order valence-electron chi connectivity index (χ1n) is 7.23. The maximum Gasteiger partial charge on any atom is 0.123 e. The molecule has 0 bridgehead atoms. The zero-order chi connectivity index (χ0) is 13.1. The van der Waals surface area contributed by atoms with Crippen LogP contribution in [0.2, 0.25) is 0 Å². The van der Waals surface area contributed by atoms with Crippen molar-refractivity contribution in [2.24, 2.45) is 0 Å². The fourth-order valence-electron chi connectivity index (χ4n) is 3.03. The summed E-state index contributed by atoms with van der Waals surface area (Å²) in [5.41, 5.74) is 1.08. The molecule has 0 unspecified atom stereocenters. The Morgan fingerprint density at radius 1 is 1.21 bits per heavy atom. The molecular formula is C15H22FN3. The van der Waals surface area contributed by atoms with E-state index >= 15 is 0 Å². The Labute approximate surface area is 114 Å².